The zero-order chi connectivity index (χ0) is 31.5. The van der Waals surface area contributed by atoms with Gasteiger partial charge in [0.05, 0.1) is 24.4 Å². The number of fused-ring (bicyclic) bond motifs is 5. The van der Waals surface area contributed by atoms with E-state index in [1.54, 1.807) is 0 Å². The van der Waals surface area contributed by atoms with E-state index in [0.717, 1.165) is 24.2 Å². The van der Waals surface area contributed by atoms with Crippen LogP contribution in [0.1, 0.15) is 112 Å². The highest BCUT2D eigenvalue weighted by molar-refractivity contribution is 5.17. The molecule has 1 heterocycles. The molecule has 16 unspecified atom stereocenters. The summed E-state index contributed by atoms with van der Waals surface area (Å²) in [5.74, 6) is 4.27. The molecular formula is C35H62O8. The summed E-state index contributed by atoms with van der Waals surface area (Å²) in [6, 6.07) is 0. The second-order valence-corrected chi connectivity index (χ2v) is 16.4. The van der Waals surface area contributed by atoms with E-state index in [1.807, 2.05) is 0 Å². The van der Waals surface area contributed by atoms with Crippen LogP contribution >= 0.6 is 0 Å². The quantitative estimate of drug-likeness (QED) is 0.215. The molecule has 8 heteroatoms. The van der Waals surface area contributed by atoms with Crippen LogP contribution in [0.3, 0.4) is 0 Å². The Hall–Kier alpha value is -0.320. The van der Waals surface area contributed by atoms with Gasteiger partial charge in [-0.05, 0) is 98.2 Å². The van der Waals surface area contributed by atoms with Gasteiger partial charge in [0.2, 0.25) is 0 Å². The molecule has 0 aromatic heterocycles. The molecule has 0 aromatic rings. The van der Waals surface area contributed by atoms with Crippen LogP contribution in [0.15, 0.2) is 0 Å². The molecule has 5 aliphatic rings. The van der Waals surface area contributed by atoms with Crippen molar-refractivity contribution in [3.8, 4) is 0 Å². The van der Waals surface area contributed by atoms with Crippen molar-refractivity contribution in [2.75, 3.05) is 6.61 Å². The van der Waals surface area contributed by atoms with Gasteiger partial charge in [-0.3, -0.25) is 0 Å². The first-order chi connectivity index (χ1) is 20.2. The van der Waals surface area contributed by atoms with Crippen molar-refractivity contribution in [3.05, 3.63) is 0 Å². The zero-order valence-corrected chi connectivity index (χ0v) is 27.6. The molecule has 1 aliphatic heterocycles. The van der Waals surface area contributed by atoms with E-state index in [9.17, 15) is 30.6 Å². The Balaban J connectivity index is 1.27. The summed E-state index contributed by atoms with van der Waals surface area (Å²) in [6.45, 7) is 13.7. The van der Waals surface area contributed by atoms with Gasteiger partial charge in [-0.1, -0.05) is 54.4 Å². The summed E-state index contributed by atoms with van der Waals surface area (Å²) in [4.78, 5) is 0. The van der Waals surface area contributed by atoms with Crippen LogP contribution in [-0.4, -0.2) is 85.8 Å². The van der Waals surface area contributed by atoms with Gasteiger partial charge in [-0.25, -0.2) is 0 Å². The normalized spacial score (nSPS) is 51.4. The summed E-state index contributed by atoms with van der Waals surface area (Å²) in [5.41, 5.74) is -1.48. The second-order valence-electron chi connectivity index (χ2n) is 16.4. The highest BCUT2D eigenvalue weighted by atomic mass is 16.7. The first kappa shape index (κ1) is 34.0. The van der Waals surface area contributed by atoms with Gasteiger partial charge in [0, 0.05) is 11.8 Å². The Morgan fingerprint density at radius 2 is 1.60 bits per heavy atom. The number of ether oxygens (including phenoxy) is 2. The minimum Gasteiger partial charge on any atom is -0.394 e. The Bertz CT molecular complexity index is 945. The van der Waals surface area contributed by atoms with E-state index in [1.165, 1.54) is 38.5 Å². The summed E-state index contributed by atoms with van der Waals surface area (Å²) in [7, 11) is 0. The average Bonchev–Trinajstić information content (AvgIpc) is 3.32. The van der Waals surface area contributed by atoms with E-state index >= 15 is 0 Å². The topological polar surface area (TPSA) is 140 Å². The third-order valence-electron chi connectivity index (χ3n) is 14.2. The van der Waals surface area contributed by atoms with Gasteiger partial charge in [0.25, 0.3) is 0 Å². The second kappa shape index (κ2) is 12.7. The lowest BCUT2D eigenvalue weighted by Gasteiger charge is -2.65. The van der Waals surface area contributed by atoms with Crippen molar-refractivity contribution in [2.24, 2.45) is 52.3 Å². The smallest absolute Gasteiger partial charge is 0.186 e. The van der Waals surface area contributed by atoms with Crippen LogP contribution in [0.25, 0.3) is 0 Å². The van der Waals surface area contributed by atoms with E-state index in [4.69, 9.17) is 9.47 Å². The van der Waals surface area contributed by atoms with E-state index in [-0.39, 0.29) is 11.8 Å². The summed E-state index contributed by atoms with van der Waals surface area (Å²) in [5, 5.41) is 64.4. The maximum atomic E-state index is 12.3. The van der Waals surface area contributed by atoms with Crippen LogP contribution in [0.5, 0.6) is 0 Å². The molecule has 6 N–H and O–H groups in total. The van der Waals surface area contributed by atoms with Gasteiger partial charge in [-0.2, -0.15) is 0 Å². The van der Waals surface area contributed by atoms with Gasteiger partial charge < -0.3 is 40.1 Å². The number of rotatable bonds is 9. The van der Waals surface area contributed by atoms with Gasteiger partial charge in [0.15, 0.2) is 6.29 Å². The molecule has 16 atom stereocenters. The monoisotopic (exact) mass is 610 g/mol. The largest absolute Gasteiger partial charge is 0.394 e. The maximum absolute atomic E-state index is 12.3. The van der Waals surface area contributed by atoms with Crippen LogP contribution in [0.2, 0.25) is 0 Å². The summed E-state index contributed by atoms with van der Waals surface area (Å²) >= 11 is 0. The lowest BCUT2D eigenvalue weighted by molar-refractivity contribution is -0.328. The standard InChI is InChI=1S/C35H62O8/c1-7-21(19(2)3)9-8-20(4)24-10-11-25-23-16-28(37)35(41)17-22(12-15-34(35,6)26(23)13-14-33(24,25)5)42-32-31(40)30(39)29(38)27(18-36)43-32/h19-32,36-41H,7-18H2,1-6H3. The third kappa shape index (κ3) is 5.66. The molecule has 5 rings (SSSR count). The molecule has 5 fully saturated rings. The Kier molecular flexibility index (Phi) is 10.1. The average molecular weight is 611 g/mol. The van der Waals surface area contributed by atoms with Crippen LogP contribution in [0.4, 0.5) is 0 Å². The number of aliphatic hydroxyl groups is 6. The fraction of sp³-hybridized carbons (Fsp3) is 1.00. The van der Waals surface area contributed by atoms with E-state index < -0.39 is 60.5 Å². The van der Waals surface area contributed by atoms with E-state index in [2.05, 4.69) is 41.5 Å². The molecule has 43 heavy (non-hydrogen) atoms. The molecule has 8 nitrogen and oxygen atoms in total. The van der Waals surface area contributed by atoms with Crippen LogP contribution in [-0.2, 0) is 9.47 Å². The van der Waals surface area contributed by atoms with Crippen molar-refractivity contribution in [1.82, 2.24) is 0 Å². The molecule has 1 saturated heterocycles. The maximum Gasteiger partial charge on any atom is 0.186 e. The highest BCUT2D eigenvalue weighted by Gasteiger charge is 2.68. The van der Waals surface area contributed by atoms with Crippen LogP contribution < -0.4 is 0 Å². The van der Waals surface area contributed by atoms with Crippen molar-refractivity contribution >= 4 is 0 Å². The first-order valence-corrected chi connectivity index (χ1v) is 17.6. The van der Waals surface area contributed by atoms with Crippen molar-refractivity contribution in [1.29, 1.82) is 0 Å². The summed E-state index contributed by atoms with van der Waals surface area (Å²) in [6.07, 6.45) is 2.72. The minimum atomic E-state index is -1.51. The lowest BCUT2D eigenvalue weighted by Crippen LogP contribution is -2.69. The van der Waals surface area contributed by atoms with Gasteiger partial charge >= 0.3 is 0 Å². The summed E-state index contributed by atoms with van der Waals surface area (Å²) < 4.78 is 11.7. The van der Waals surface area contributed by atoms with E-state index in [0.29, 0.717) is 42.9 Å². The minimum absolute atomic E-state index is 0.221. The zero-order valence-electron chi connectivity index (χ0n) is 27.6. The molecule has 0 bridgehead atoms. The number of aliphatic hydroxyl groups excluding tert-OH is 5. The van der Waals surface area contributed by atoms with Crippen molar-refractivity contribution < 1.29 is 40.1 Å². The fourth-order valence-electron chi connectivity index (χ4n) is 11.4. The molecule has 0 amide bonds. The molecule has 0 aromatic carbocycles. The molecule has 4 saturated carbocycles. The molecule has 4 aliphatic carbocycles. The molecule has 0 spiro atoms. The molecule has 0 radical (unpaired) electrons. The first-order valence-electron chi connectivity index (χ1n) is 17.6. The predicted molar refractivity (Wildman–Crippen MR) is 164 cm³/mol. The third-order valence-corrected chi connectivity index (χ3v) is 14.2. The highest BCUT2D eigenvalue weighted by Crippen LogP contribution is 2.69. The van der Waals surface area contributed by atoms with Crippen LogP contribution in [0, 0.1) is 52.3 Å². The van der Waals surface area contributed by atoms with Crippen molar-refractivity contribution in [2.45, 2.75) is 161 Å². The fourth-order valence-corrected chi connectivity index (χ4v) is 11.4. The van der Waals surface area contributed by atoms with Gasteiger partial charge in [0.1, 0.15) is 24.4 Å². The van der Waals surface area contributed by atoms with Crippen molar-refractivity contribution in [3.63, 3.8) is 0 Å². The number of hydrogen-bond donors (Lipinski definition) is 6. The Labute approximate surface area is 259 Å². The molecular weight excluding hydrogens is 548 g/mol. The SMILES string of the molecule is CCC(CCC(C)C1CCC2C3CC(O)C4(O)CC(OC5OC(CO)C(O)C(O)C5O)CCC4(C)C3CCC12C)C(C)C. The number of hydrogen-bond acceptors (Lipinski definition) is 8. The molecule has 250 valence electrons. The Morgan fingerprint density at radius 3 is 2.26 bits per heavy atom. The Morgan fingerprint density at radius 1 is 0.884 bits per heavy atom. The lowest BCUT2D eigenvalue weighted by atomic mass is 9.42. The predicted octanol–water partition coefficient (Wildman–Crippen LogP) is 4.01. The van der Waals surface area contributed by atoms with Gasteiger partial charge in [-0.15, -0.1) is 0 Å².